The number of rotatable bonds is 5. The molecule has 7 nitrogen and oxygen atoms in total. The number of hydrogen-bond acceptors (Lipinski definition) is 4. The van der Waals surface area contributed by atoms with Gasteiger partial charge < -0.3 is 16.8 Å². The SMILES string of the molecule is NC(=O)NCCNS(=O)(=O)c1c(N)cccc1Cl. The molecular weight excluding hydrogens is 280 g/mol. The van der Waals surface area contributed by atoms with Gasteiger partial charge in [0.2, 0.25) is 10.0 Å². The minimum absolute atomic E-state index is 0.0179. The van der Waals surface area contributed by atoms with E-state index >= 15 is 0 Å². The lowest BCUT2D eigenvalue weighted by atomic mass is 10.3. The largest absolute Gasteiger partial charge is 0.398 e. The van der Waals surface area contributed by atoms with Gasteiger partial charge in [-0.05, 0) is 12.1 Å². The molecule has 0 aliphatic carbocycles. The van der Waals surface area contributed by atoms with Gasteiger partial charge in [0.1, 0.15) is 4.90 Å². The fourth-order valence-corrected chi connectivity index (χ4v) is 2.96. The number of halogens is 1. The molecule has 6 N–H and O–H groups in total. The summed E-state index contributed by atoms with van der Waals surface area (Å²) in [6, 6.07) is 3.67. The van der Waals surface area contributed by atoms with Crippen LogP contribution < -0.4 is 21.5 Å². The summed E-state index contributed by atoms with van der Waals surface area (Å²) in [6.45, 7) is 0.0505. The molecule has 0 aliphatic rings. The van der Waals surface area contributed by atoms with E-state index in [0.717, 1.165) is 0 Å². The number of anilines is 1. The Balaban J connectivity index is 2.78. The van der Waals surface area contributed by atoms with Gasteiger partial charge in [-0.25, -0.2) is 17.9 Å². The third-order valence-corrected chi connectivity index (χ3v) is 3.99. The maximum absolute atomic E-state index is 11.9. The number of benzene rings is 1. The van der Waals surface area contributed by atoms with Crippen molar-refractivity contribution in [3.63, 3.8) is 0 Å². The van der Waals surface area contributed by atoms with Crippen LogP contribution in [0.5, 0.6) is 0 Å². The summed E-state index contributed by atoms with van der Waals surface area (Å²) in [4.78, 5) is 10.2. The van der Waals surface area contributed by atoms with Gasteiger partial charge in [0.25, 0.3) is 0 Å². The van der Waals surface area contributed by atoms with Crippen molar-refractivity contribution < 1.29 is 13.2 Å². The van der Waals surface area contributed by atoms with Crippen molar-refractivity contribution in [1.82, 2.24) is 10.0 Å². The second-order valence-electron chi connectivity index (χ2n) is 3.35. The van der Waals surface area contributed by atoms with E-state index in [1.54, 1.807) is 6.07 Å². The average Bonchev–Trinajstić information content (AvgIpc) is 2.23. The molecular formula is C9H13ClN4O3S. The standard InChI is InChI=1S/C9H13ClN4O3S/c10-6-2-1-3-7(11)8(6)18(16,17)14-5-4-13-9(12)15/h1-3,14H,4-5,11H2,(H3,12,13,15). The lowest BCUT2D eigenvalue weighted by Crippen LogP contribution is -2.37. The van der Waals surface area contributed by atoms with Crippen molar-refractivity contribution in [3.05, 3.63) is 23.2 Å². The maximum atomic E-state index is 11.9. The normalized spacial score (nSPS) is 11.2. The van der Waals surface area contributed by atoms with Crippen molar-refractivity contribution in [2.75, 3.05) is 18.8 Å². The van der Waals surface area contributed by atoms with E-state index in [1.165, 1.54) is 12.1 Å². The molecule has 100 valence electrons. The molecule has 0 radical (unpaired) electrons. The van der Waals surface area contributed by atoms with E-state index in [1.807, 2.05) is 0 Å². The van der Waals surface area contributed by atoms with Crippen LogP contribution >= 0.6 is 11.6 Å². The monoisotopic (exact) mass is 292 g/mol. The molecule has 0 bridgehead atoms. The topological polar surface area (TPSA) is 127 Å². The number of sulfonamides is 1. The zero-order chi connectivity index (χ0) is 13.8. The van der Waals surface area contributed by atoms with Crippen LogP contribution in [0.15, 0.2) is 23.1 Å². The van der Waals surface area contributed by atoms with E-state index in [0.29, 0.717) is 0 Å². The Morgan fingerprint density at radius 2 is 2.00 bits per heavy atom. The molecule has 0 saturated heterocycles. The van der Waals surface area contributed by atoms with Crippen LogP contribution in [0.4, 0.5) is 10.5 Å². The van der Waals surface area contributed by atoms with Gasteiger partial charge in [0.05, 0.1) is 10.7 Å². The summed E-state index contributed by atoms with van der Waals surface area (Å²) in [5.74, 6) is 0. The van der Waals surface area contributed by atoms with Gasteiger partial charge >= 0.3 is 6.03 Å². The first-order chi connectivity index (χ1) is 8.34. The first-order valence-corrected chi connectivity index (χ1v) is 6.77. The zero-order valence-corrected chi connectivity index (χ0v) is 10.9. The zero-order valence-electron chi connectivity index (χ0n) is 9.31. The predicted octanol–water partition coefficient (Wildman–Crippen LogP) is -0.131. The van der Waals surface area contributed by atoms with Crippen LogP contribution in [0.2, 0.25) is 5.02 Å². The van der Waals surface area contributed by atoms with Gasteiger partial charge in [0.15, 0.2) is 0 Å². The molecule has 9 heteroatoms. The van der Waals surface area contributed by atoms with Crippen molar-refractivity contribution in [2.24, 2.45) is 5.73 Å². The molecule has 0 spiro atoms. The quantitative estimate of drug-likeness (QED) is 0.445. The van der Waals surface area contributed by atoms with Crippen LogP contribution in [0.25, 0.3) is 0 Å². The minimum atomic E-state index is -3.82. The van der Waals surface area contributed by atoms with Gasteiger partial charge in [-0.3, -0.25) is 0 Å². The van der Waals surface area contributed by atoms with Crippen LogP contribution in [-0.4, -0.2) is 27.5 Å². The second-order valence-corrected chi connectivity index (χ2v) is 5.46. The van der Waals surface area contributed by atoms with E-state index in [4.69, 9.17) is 23.1 Å². The van der Waals surface area contributed by atoms with Crippen molar-refractivity contribution >= 4 is 33.3 Å². The fraction of sp³-hybridized carbons (Fsp3) is 0.222. The van der Waals surface area contributed by atoms with Gasteiger partial charge in [-0.15, -0.1) is 0 Å². The number of hydrogen-bond donors (Lipinski definition) is 4. The Labute approximate surface area is 110 Å². The Morgan fingerprint density at radius 3 is 2.56 bits per heavy atom. The number of nitrogen functional groups attached to an aromatic ring is 1. The highest BCUT2D eigenvalue weighted by molar-refractivity contribution is 7.89. The summed E-state index contributed by atoms with van der Waals surface area (Å²) < 4.78 is 26.0. The van der Waals surface area contributed by atoms with Gasteiger partial charge in [0, 0.05) is 13.1 Å². The minimum Gasteiger partial charge on any atom is -0.398 e. The first-order valence-electron chi connectivity index (χ1n) is 4.91. The summed E-state index contributed by atoms with van der Waals surface area (Å²) >= 11 is 5.79. The van der Waals surface area contributed by atoms with E-state index < -0.39 is 16.1 Å². The Bertz CT molecular complexity index is 526. The van der Waals surface area contributed by atoms with Crippen LogP contribution in [0.1, 0.15) is 0 Å². The summed E-state index contributed by atoms with van der Waals surface area (Å²) in [7, 11) is -3.82. The Morgan fingerprint density at radius 1 is 1.33 bits per heavy atom. The average molecular weight is 293 g/mol. The second kappa shape index (κ2) is 5.89. The van der Waals surface area contributed by atoms with Crippen LogP contribution in [0, 0.1) is 0 Å². The van der Waals surface area contributed by atoms with Crippen molar-refractivity contribution in [1.29, 1.82) is 0 Å². The van der Waals surface area contributed by atoms with E-state index in [2.05, 4.69) is 10.0 Å². The van der Waals surface area contributed by atoms with Crippen LogP contribution in [-0.2, 0) is 10.0 Å². The number of amides is 2. The number of carbonyl (C=O) groups is 1. The number of nitrogens with one attached hydrogen (secondary N) is 2. The molecule has 1 rings (SSSR count). The highest BCUT2D eigenvalue weighted by Crippen LogP contribution is 2.26. The molecule has 0 saturated carbocycles. The lowest BCUT2D eigenvalue weighted by molar-refractivity contribution is 0.249. The molecule has 0 aliphatic heterocycles. The molecule has 0 heterocycles. The molecule has 1 aromatic rings. The fourth-order valence-electron chi connectivity index (χ4n) is 1.25. The highest BCUT2D eigenvalue weighted by atomic mass is 35.5. The molecule has 2 amide bonds. The molecule has 0 aromatic heterocycles. The molecule has 18 heavy (non-hydrogen) atoms. The number of nitrogens with two attached hydrogens (primary N) is 2. The Hall–Kier alpha value is -1.51. The highest BCUT2D eigenvalue weighted by Gasteiger charge is 2.20. The molecule has 0 atom stereocenters. The third kappa shape index (κ3) is 3.76. The van der Waals surface area contributed by atoms with Crippen molar-refractivity contribution in [3.8, 4) is 0 Å². The number of primary amides is 1. The predicted molar refractivity (Wildman–Crippen MR) is 68.6 cm³/mol. The van der Waals surface area contributed by atoms with E-state index in [-0.39, 0.29) is 28.7 Å². The molecule has 0 fully saturated rings. The first kappa shape index (κ1) is 14.6. The Kier molecular flexibility index (Phi) is 4.76. The van der Waals surface area contributed by atoms with E-state index in [9.17, 15) is 13.2 Å². The summed E-state index contributed by atoms with van der Waals surface area (Å²) in [6.07, 6.45) is 0. The van der Waals surface area contributed by atoms with Gasteiger partial charge in [-0.1, -0.05) is 17.7 Å². The summed E-state index contributed by atoms with van der Waals surface area (Å²) in [5, 5.41) is 2.28. The van der Waals surface area contributed by atoms with Crippen LogP contribution in [0.3, 0.4) is 0 Å². The molecule has 0 unspecified atom stereocenters. The smallest absolute Gasteiger partial charge is 0.312 e. The lowest BCUT2D eigenvalue weighted by Gasteiger charge is -2.10. The third-order valence-electron chi connectivity index (χ3n) is 1.98. The number of urea groups is 1. The number of carbonyl (C=O) groups excluding carboxylic acids is 1. The van der Waals surface area contributed by atoms with Gasteiger partial charge in [-0.2, -0.15) is 0 Å². The summed E-state index contributed by atoms with van der Waals surface area (Å²) in [5.41, 5.74) is 10.5. The van der Waals surface area contributed by atoms with Crippen molar-refractivity contribution in [2.45, 2.75) is 4.90 Å². The maximum Gasteiger partial charge on any atom is 0.312 e. The molecule has 1 aromatic carbocycles.